The molecule has 1 aromatic heterocycles. The molecule has 0 amide bonds. The molecule has 4 heteroatoms. The molecule has 1 fully saturated rings. The number of thiazole rings is 1. The van der Waals surface area contributed by atoms with Crippen molar-refractivity contribution < 1.29 is 0 Å². The van der Waals surface area contributed by atoms with Gasteiger partial charge in [0.25, 0.3) is 0 Å². The van der Waals surface area contributed by atoms with Crippen LogP contribution in [-0.2, 0) is 6.54 Å². The number of aryl methyl sites for hydroxylation is 1. The van der Waals surface area contributed by atoms with Gasteiger partial charge in [-0.15, -0.1) is 11.3 Å². The second-order valence-electron chi connectivity index (χ2n) is 4.74. The molecule has 0 spiro atoms. The summed E-state index contributed by atoms with van der Waals surface area (Å²) in [7, 11) is 4.29. The first-order valence-electron chi connectivity index (χ1n) is 5.96. The molecule has 2 rings (SSSR count). The summed E-state index contributed by atoms with van der Waals surface area (Å²) in [6.07, 6.45) is 2.72. The first kappa shape index (κ1) is 12.0. The fraction of sp³-hybridized carbons (Fsp3) is 0.750. The van der Waals surface area contributed by atoms with Crippen molar-refractivity contribution in [3.05, 3.63) is 16.1 Å². The van der Waals surface area contributed by atoms with E-state index in [0.717, 1.165) is 25.0 Å². The number of nitrogens with one attached hydrogen (secondary N) is 1. The Labute approximate surface area is 102 Å². The van der Waals surface area contributed by atoms with E-state index in [0.29, 0.717) is 0 Å². The molecule has 3 nitrogen and oxygen atoms in total. The van der Waals surface area contributed by atoms with E-state index >= 15 is 0 Å². The van der Waals surface area contributed by atoms with Crippen molar-refractivity contribution >= 4 is 11.3 Å². The highest BCUT2D eigenvalue weighted by Gasteiger charge is 2.33. The van der Waals surface area contributed by atoms with E-state index in [2.05, 4.69) is 29.2 Å². The van der Waals surface area contributed by atoms with Crippen LogP contribution in [0.4, 0.5) is 0 Å². The highest BCUT2D eigenvalue weighted by atomic mass is 32.1. The number of hydrogen-bond acceptors (Lipinski definition) is 4. The summed E-state index contributed by atoms with van der Waals surface area (Å²) in [4.78, 5) is 8.21. The molecule has 1 saturated carbocycles. The van der Waals surface area contributed by atoms with Crippen LogP contribution >= 0.6 is 11.3 Å². The maximum absolute atomic E-state index is 4.31. The van der Waals surface area contributed by atoms with E-state index < -0.39 is 0 Å². The van der Waals surface area contributed by atoms with Crippen LogP contribution in [0.25, 0.3) is 0 Å². The lowest BCUT2D eigenvalue weighted by atomic mass is 9.78. The molecule has 1 aromatic rings. The number of nitrogens with zero attached hydrogens (tertiary/aromatic N) is 2. The van der Waals surface area contributed by atoms with Gasteiger partial charge in [0.05, 0.1) is 11.2 Å². The molecule has 1 N–H and O–H groups in total. The van der Waals surface area contributed by atoms with Gasteiger partial charge in [0, 0.05) is 17.5 Å². The van der Waals surface area contributed by atoms with Crippen molar-refractivity contribution in [3.63, 3.8) is 0 Å². The summed E-state index contributed by atoms with van der Waals surface area (Å²) in [5.41, 5.74) is 3.14. The van der Waals surface area contributed by atoms with Crippen LogP contribution in [-0.4, -0.2) is 36.6 Å². The standard InChI is InChI=1S/C12H21N3S/c1-9-12(16-8-14-9)7-15(3)11-5-4-10(11)6-13-2/h8,10-11,13H,4-7H2,1-3H3. The molecule has 1 heterocycles. The molecule has 1 aliphatic carbocycles. The fourth-order valence-corrected chi connectivity index (χ4v) is 3.29. The third-order valence-corrected chi connectivity index (χ3v) is 4.57. The van der Waals surface area contributed by atoms with Crippen LogP contribution in [0.15, 0.2) is 5.51 Å². The molecule has 1 aliphatic rings. The SMILES string of the molecule is CNCC1CCC1N(C)Cc1scnc1C. The van der Waals surface area contributed by atoms with Crippen LogP contribution in [0, 0.1) is 12.8 Å². The molecule has 0 bridgehead atoms. The van der Waals surface area contributed by atoms with Gasteiger partial charge in [-0.05, 0) is 46.3 Å². The minimum absolute atomic E-state index is 0.758. The molecular weight excluding hydrogens is 218 g/mol. The minimum atomic E-state index is 0.758. The van der Waals surface area contributed by atoms with Gasteiger partial charge in [-0.2, -0.15) is 0 Å². The highest BCUT2D eigenvalue weighted by Crippen LogP contribution is 2.32. The number of hydrogen-bond donors (Lipinski definition) is 1. The summed E-state index contributed by atoms with van der Waals surface area (Å²) in [6.45, 7) is 4.31. The molecule has 0 saturated heterocycles. The van der Waals surface area contributed by atoms with Crippen molar-refractivity contribution in [2.24, 2.45) is 5.92 Å². The van der Waals surface area contributed by atoms with Gasteiger partial charge in [0.2, 0.25) is 0 Å². The quantitative estimate of drug-likeness (QED) is 0.850. The van der Waals surface area contributed by atoms with Gasteiger partial charge in [0.1, 0.15) is 0 Å². The molecular formula is C12H21N3S. The molecule has 0 radical (unpaired) electrons. The largest absolute Gasteiger partial charge is 0.319 e. The van der Waals surface area contributed by atoms with Gasteiger partial charge in [-0.3, -0.25) is 4.90 Å². The predicted octanol–water partition coefficient (Wildman–Crippen LogP) is 1.88. The van der Waals surface area contributed by atoms with E-state index in [4.69, 9.17) is 0 Å². The van der Waals surface area contributed by atoms with Crippen LogP contribution in [0.3, 0.4) is 0 Å². The van der Waals surface area contributed by atoms with Crippen LogP contribution in [0.5, 0.6) is 0 Å². The average Bonchev–Trinajstić information content (AvgIpc) is 2.59. The van der Waals surface area contributed by atoms with E-state index in [1.165, 1.54) is 23.4 Å². The first-order chi connectivity index (χ1) is 7.72. The smallest absolute Gasteiger partial charge is 0.0798 e. The lowest BCUT2D eigenvalue weighted by Gasteiger charge is -2.42. The Kier molecular flexibility index (Phi) is 3.95. The van der Waals surface area contributed by atoms with Crippen molar-refractivity contribution in [2.75, 3.05) is 20.6 Å². The van der Waals surface area contributed by atoms with Gasteiger partial charge >= 0.3 is 0 Å². The molecule has 16 heavy (non-hydrogen) atoms. The monoisotopic (exact) mass is 239 g/mol. The lowest BCUT2D eigenvalue weighted by molar-refractivity contribution is 0.0799. The third-order valence-electron chi connectivity index (χ3n) is 3.65. The lowest BCUT2D eigenvalue weighted by Crippen LogP contribution is -2.48. The van der Waals surface area contributed by atoms with Crippen molar-refractivity contribution in [1.82, 2.24) is 15.2 Å². The van der Waals surface area contributed by atoms with E-state index in [1.807, 2.05) is 12.6 Å². The zero-order valence-electron chi connectivity index (χ0n) is 10.4. The zero-order chi connectivity index (χ0) is 11.5. The zero-order valence-corrected chi connectivity index (χ0v) is 11.2. The summed E-state index contributed by atoms with van der Waals surface area (Å²) in [6, 6.07) is 0.758. The summed E-state index contributed by atoms with van der Waals surface area (Å²) >= 11 is 1.78. The molecule has 2 unspecified atom stereocenters. The number of aromatic nitrogens is 1. The molecule has 2 atom stereocenters. The average molecular weight is 239 g/mol. The van der Waals surface area contributed by atoms with Crippen molar-refractivity contribution in [2.45, 2.75) is 32.4 Å². The van der Waals surface area contributed by atoms with Crippen LogP contribution < -0.4 is 5.32 Å². The predicted molar refractivity (Wildman–Crippen MR) is 68.8 cm³/mol. The molecule has 0 aliphatic heterocycles. The number of rotatable bonds is 5. The first-order valence-corrected chi connectivity index (χ1v) is 6.84. The third kappa shape index (κ3) is 2.44. The highest BCUT2D eigenvalue weighted by molar-refractivity contribution is 7.09. The Morgan fingerprint density at radius 3 is 2.88 bits per heavy atom. The summed E-state index contributed by atoms with van der Waals surface area (Å²) < 4.78 is 0. The Balaban J connectivity index is 1.88. The van der Waals surface area contributed by atoms with Crippen molar-refractivity contribution in [1.29, 1.82) is 0 Å². The topological polar surface area (TPSA) is 28.2 Å². The fourth-order valence-electron chi connectivity index (χ4n) is 2.45. The second-order valence-corrected chi connectivity index (χ2v) is 5.68. The van der Waals surface area contributed by atoms with Gasteiger partial charge < -0.3 is 5.32 Å². The van der Waals surface area contributed by atoms with Crippen LogP contribution in [0.2, 0.25) is 0 Å². The summed E-state index contributed by atoms with van der Waals surface area (Å²) in [5.74, 6) is 0.836. The van der Waals surface area contributed by atoms with Gasteiger partial charge in [0.15, 0.2) is 0 Å². The maximum Gasteiger partial charge on any atom is 0.0798 e. The second kappa shape index (κ2) is 5.25. The van der Waals surface area contributed by atoms with E-state index in [9.17, 15) is 0 Å². The minimum Gasteiger partial charge on any atom is -0.319 e. The Morgan fingerprint density at radius 2 is 2.38 bits per heavy atom. The van der Waals surface area contributed by atoms with E-state index in [1.54, 1.807) is 11.3 Å². The normalized spacial score (nSPS) is 24.8. The summed E-state index contributed by atoms with van der Waals surface area (Å²) in [5, 5.41) is 3.29. The van der Waals surface area contributed by atoms with Crippen molar-refractivity contribution in [3.8, 4) is 0 Å². The Bertz CT molecular complexity index is 337. The van der Waals surface area contributed by atoms with Gasteiger partial charge in [-0.1, -0.05) is 0 Å². The van der Waals surface area contributed by atoms with Crippen LogP contribution in [0.1, 0.15) is 23.4 Å². The van der Waals surface area contributed by atoms with Gasteiger partial charge in [-0.25, -0.2) is 4.98 Å². The Morgan fingerprint density at radius 1 is 1.56 bits per heavy atom. The van der Waals surface area contributed by atoms with E-state index in [-0.39, 0.29) is 0 Å². The maximum atomic E-state index is 4.31. The Hall–Kier alpha value is -0.450. The molecule has 90 valence electrons. The molecule has 0 aromatic carbocycles.